The Balaban J connectivity index is 1.75. The molecule has 0 atom stereocenters. The summed E-state index contributed by atoms with van der Waals surface area (Å²) >= 11 is 1.09. The van der Waals surface area contributed by atoms with Gasteiger partial charge in [0.05, 0.1) is 16.5 Å². The topological polar surface area (TPSA) is 29.1 Å². The quantitative estimate of drug-likeness (QED) is 0.584. The van der Waals surface area contributed by atoms with E-state index in [1.165, 1.54) is 0 Å². The number of carbonyl (C=O) groups excluding carboxylic acids is 1. The lowest BCUT2D eigenvalue weighted by atomic mass is 9.39. The van der Waals surface area contributed by atoms with E-state index in [4.69, 9.17) is 0 Å². The molecule has 0 spiro atoms. The maximum Gasteiger partial charge on any atom is 0.416 e. The molecule has 3 aliphatic rings. The summed E-state index contributed by atoms with van der Waals surface area (Å²) in [6, 6.07) is 2.80. The van der Waals surface area contributed by atoms with E-state index >= 15 is 0 Å². The Morgan fingerprint density at radius 2 is 1.76 bits per heavy atom. The summed E-state index contributed by atoms with van der Waals surface area (Å²) in [7, 11) is 0. The number of halogens is 6. The Morgan fingerprint density at radius 3 is 2.24 bits per heavy atom. The number of nitrogens with one attached hydrogen (secondary N) is 1. The molecule has 0 heterocycles. The number of amides is 1. The lowest BCUT2D eigenvalue weighted by Crippen LogP contribution is -2.78. The molecule has 9 heteroatoms. The van der Waals surface area contributed by atoms with Crippen molar-refractivity contribution in [2.45, 2.75) is 49.0 Å². The third kappa shape index (κ3) is 3.00. The predicted molar refractivity (Wildman–Crippen MR) is 80.4 cm³/mol. The minimum atomic E-state index is -4.52. The van der Waals surface area contributed by atoms with Crippen LogP contribution >= 0.6 is 11.8 Å². The van der Waals surface area contributed by atoms with Gasteiger partial charge in [0.15, 0.2) is 0 Å². The zero-order chi connectivity index (χ0) is 18.7. The van der Waals surface area contributed by atoms with Crippen molar-refractivity contribution in [3.8, 4) is 0 Å². The van der Waals surface area contributed by atoms with Gasteiger partial charge in [0.1, 0.15) is 0 Å². The van der Waals surface area contributed by atoms with Gasteiger partial charge in [0, 0.05) is 10.4 Å². The summed E-state index contributed by atoms with van der Waals surface area (Å²) in [5.74, 6) is -0.163. The molecule has 1 aromatic rings. The second-order valence-corrected chi connectivity index (χ2v) is 7.99. The molecule has 2 bridgehead atoms. The average Bonchev–Trinajstić information content (AvgIpc) is 2.38. The molecule has 3 aliphatic carbocycles. The summed E-state index contributed by atoms with van der Waals surface area (Å²) in [5, 5.41) is 2.60. The van der Waals surface area contributed by atoms with E-state index in [0.29, 0.717) is 5.75 Å². The van der Waals surface area contributed by atoms with Crippen molar-refractivity contribution >= 4 is 17.7 Å². The van der Waals surface area contributed by atoms with E-state index < -0.39 is 34.8 Å². The third-order valence-corrected chi connectivity index (χ3v) is 5.80. The molecule has 138 valence electrons. The van der Waals surface area contributed by atoms with Gasteiger partial charge in [-0.15, -0.1) is 11.8 Å². The molecule has 25 heavy (non-hydrogen) atoms. The molecule has 0 aromatic heterocycles. The minimum absolute atomic E-state index is 0.0608. The molecular weight excluding hydrogens is 368 g/mol. The molecule has 2 nitrogen and oxygen atoms in total. The molecule has 1 N–H and O–H groups in total. The number of benzene rings is 1. The first-order chi connectivity index (χ1) is 11.4. The summed E-state index contributed by atoms with van der Waals surface area (Å²) in [5.41, 5.74) is -3.36. The van der Waals surface area contributed by atoms with Gasteiger partial charge < -0.3 is 5.32 Å². The minimum Gasteiger partial charge on any atom is -0.346 e. The summed E-state index contributed by atoms with van der Waals surface area (Å²) in [6.45, 7) is 1.74. The maximum atomic E-state index is 12.9. The van der Waals surface area contributed by atoms with Crippen LogP contribution in [0.25, 0.3) is 0 Å². The highest BCUT2D eigenvalue weighted by Crippen LogP contribution is 2.73. The Morgan fingerprint density at radius 1 is 1.16 bits per heavy atom. The van der Waals surface area contributed by atoms with Crippen molar-refractivity contribution in [1.82, 2.24) is 5.32 Å². The van der Waals surface area contributed by atoms with Crippen molar-refractivity contribution < 1.29 is 31.1 Å². The van der Waals surface area contributed by atoms with Gasteiger partial charge in [-0.25, -0.2) is 0 Å². The zero-order valence-electron chi connectivity index (χ0n) is 13.1. The zero-order valence-corrected chi connectivity index (χ0v) is 14.0. The van der Waals surface area contributed by atoms with Crippen LogP contribution in [-0.4, -0.2) is 23.4 Å². The summed E-state index contributed by atoms with van der Waals surface area (Å²) in [4.78, 5) is 12.6. The summed E-state index contributed by atoms with van der Waals surface area (Å²) in [6.07, 6.45) is -9.29. The van der Waals surface area contributed by atoms with Crippen molar-refractivity contribution in [2.24, 2.45) is 5.41 Å². The second-order valence-electron chi connectivity index (χ2n) is 6.68. The molecule has 1 aromatic carbocycles. The van der Waals surface area contributed by atoms with Gasteiger partial charge in [-0.2, -0.15) is 26.3 Å². The number of thioether (sulfide) groups is 1. The Hall–Kier alpha value is -1.38. The molecule has 3 fully saturated rings. The fraction of sp³-hybridized carbons (Fsp3) is 0.562. The Bertz CT molecular complexity index is 692. The van der Waals surface area contributed by atoms with Crippen LogP contribution in [0.1, 0.15) is 42.1 Å². The lowest BCUT2D eigenvalue weighted by molar-refractivity contribution is -0.336. The van der Waals surface area contributed by atoms with Crippen molar-refractivity contribution in [3.63, 3.8) is 0 Å². The number of rotatable bonds is 4. The highest BCUT2D eigenvalue weighted by molar-refractivity contribution is 7.99. The van der Waals surface area contributed by atoms with E-state index in [2.05, 4.69) is 5.32 Å². The highest BCUT2D eigenvalue weighted by Gasteiger charge is 2.79. The fourth-order valence-corrected chi connectivity index (χ4v) is 4.53. The van der Waals surface area contributed by atoms with Crippen LogP contribution in [0.4, 0.5) is 26.3 Å². The highest BCUT2D eigenvalue weighted by atomic mass is 32.2. The van der Waals surface area contributed by atoms with E-state index in [1.807, 2.05) is 0 Å². The molecule has 0 saturated heterocycles. The first-order valence-electron chi connectivity index (χ1n) is 7.65. The number of hydrogen-bond donors (Lipinski definition) is 1. The maximum absolute atomic E-state index is 12.9. The molecule has 0 radical (unpaired) electrons. The fourth-order valence-electron chi connectivity index (χ4n) is 3.69. The number of hydrogen-bond acceptors (Lipinski definition) is 2. The van der Waals surface area contributed by atoms with E-state index in [0.717, 1.165) is 30.0 Å². The average molecular weight is 383 g/mol. The Labute approximate surface area is 144 Å². The summed E-state index contributed by atoms with van der Waals surface area (Å²) < 4.78 is 77.0. The van der Waals surface area contributed by atoms with Gasteiger partial charge in [0.2, 0.25) is 0 Å². The van der Waals surface area contributed by atoms with Gasteiger partial charge in [-0.1, -0.05) is 6.92 Å². The monoisotopic (exact) mass is 383 g/mol. The molecule has 4 rings (SSSR count). The smallest absolute Gasteiger partial charge is 0.346 e. The normalized spacial score (nSPS) is 28.1. The van der Waals surface area contributed by atoms with Gasteiger partial charge in [-0.05, 0) is 43.2 Å². The molecule has 0 unspecified atom stereocenters. The Kier molecular flexibility index (Phi) is 4.09. The largest absolute Gasteiger partial charge is 0.416 e. The second kappa shape index (κ2) is 5.56. The number of alkyl halides is 6. The van der Waals surface area contributed by atoms with E-state index in [1.54, 1.807) is 6.92 Å². The molecule has 3 saturated carbocycles. The van der Waals surface area contributed by atoms with Crippen LogP contribution in [0.15, 0.2) is 23.1 Å². The first-order valence-corrected chi connectivity index (χ1v) is 8.63. The first kappa shape index (κ1) is 18.4. The third-order valence-electron chi connectivity index (χ3n) is 4.86. The molecular formula is C16H15F6NOS. The standard InChI is InChI=1S/C16H15F6NOS/c1-2-25-11-5-9(15(17,18)19)3-4-10(11)12(24)23-14-6-13(7-14,8-14)16(20,21)22/h3-5H,2,6-8H2,1H3,(H,23,24). The van der Waals surface area contributed by atoms with Crippen molar-refractivity contribution in [2.75, 3.05) is 5.75 Å². The lowest BCUT2D eigenvalue weighted by Gasteiger charge is -2.70. The van der Waals surface area contributed by atoms with Crippen LogP contribution in [0.2, 0.25) is 0 Å². The predicted octanol–water partition coefficient (Wildman–Crippen LogP) is 5.03. The SMILES string of the molecule is CCSc1cc(C(F)(F)F)ccc1C(=O)NC12CC(C(F)(F)F)(C1)C2. The molecule has 1 amide bonds. The molecule has 0 aliphatic heterocycles. The van der Waals surface area contributed by atoms with E-state index in [9.17, 15) is 31.1 Å². The van der Waals surface area contributed by atoms with Crippen LogP contribution in [-0.2, 0) is 6.18 Å². The van der Waals surface area contributed by atoms with Crippen molar-refractivity contribution in [3.05, 3.63) is 29.3 Å². The van der Waals surface area contributed by atoms with Crippen LogP contribution in [0.5, 0.6) is 0 Å². The van der Waals surface area contributed by atoms with Crippen LogP contribution < -0.4 is 5.32 Å². The van der Waals surface area contributed by atoms with E-state index in [-0.39, 0.29) is 29.7 Å². The van der Waals surface area contributed by atoms with Crippen molar-refractivity contribution in [1.29, 1.82) is 0 Å². The van der Waals surface area contributed by atoms with Crippen LogP contribution in [0, 0.1) is 5.41 Å². The van der Waals surface area contributed by atoms with Crippen LogP contribution in [0.3, 0.4) is 0 Å². The number of carbonyl (C=O) groups is 1. The van der Waals surface area contributed by atoms with Gasteiger partial charge >= 0.3 is 12.4 Å². The van der Waals surface area contributed by atoms with Gasteiger partial charge in [0.25, 0.3) is 5.91 Å². The van der Waals surface area contributed by atoms with Gasteiger partial charge in [-0.3, -0.25) is 4.79 Å².